The molecule has 0 amide bonds. The molecule has 84 valence electrons. The zero-order valence-corrected chi connectivity index (χ0v) is 9.45. The zero-order valence-electron chi connectivity index (χ0n) is 9.45. The molecule has 2 aromatic rings. The lowest BCUT2D eigenvalue weighted by atomic mass is 10.1. The highest BCUT2D eigenvalue weighted by atomic mass is 16.5. The SMILES string of the molecule is CNCc1ncc(-c2cccc(OC)c2)[nH]1. The van der Waals surface area contributed by atoms with Crippen molar-refractivity contribution in [2.45, 2.75) is 6.54 Å². The predicted molar refractivity (Wildman–Crippen MR) is 63.3 cm³/mol. The number of methoxy groups -OCH3 is 1. The number of ether oxygens (including phenoxy) is 1. The molecule has 0 saturated carbocycles. The molecule has 0 atom stereocenters. The molecule has 0 radical (unpaired) electrons. The number of nitrogens with one attached hydrogen (secondary N) is 2. The molecule has 0 aliphatic rings. The minimum atomic E-state index is 0.740. The fourth-order valence-electron chi connectivity index (χ4n) is 1.56. The molecule has 1 aromatic heterocycles. The number of hydrogen-bond acceptors (Lipinski definition) is 3. The Morgan fingerprint density at radius 2 is 2.31 bits per heavy atom. The molecule has 0 bridgehead atoms. The normalized spacial score (nSPS) is 10.4. The van der Waals surface area contributed by atoms with Gasteiger partial charge in [0.15, 0.2) is 0 Å². The summed E-state index contributed by atoms with van der Waals surface area (Å²) in [5.41, 5.74) is 2.08. The summed E-state index contributed by atoms with van der Waals surface area (Å²) in [7, 11) is 3.56. The molecule has 0 fully saturated rings. The van der Waals surface area contributed by atoms with Gasteiger partial charge in [-0.15, -0.1) is 0 Å². The van der Waals surface area contributed by atoms with Crippen LogP contribution in [-0.4, -0.2) is 24.1 Å². The van der Waals surface area contributed by atoms with Gasteiger partial charge in [-0.25, -0.2) is 4.98 Å². The van der Waals surface area contributed by atoms with E-state index in [0.29, 0.717) is 0 Å². The molecule has 2 N–H and O–H groups in total. The van der Waals surface area contributed by atoms with E-state index >= 15 is 0 Å². The average molecular weight is 217 g/mol. The molecule has 1 aromatic carbocycles. The second kappa shape index (κ2) is 4.81. The van der Waals surface area contributed by atoms with Gasteiger partial charge in [0.25, 0.3) is 0 Å². The summed E-state index contributed by atoms with van der Waals surface area (Å²) in [5.74, 6) is 1.78. The number of aromatic amines is 1. The van der Waals surface area contributed by atoms with Gasteiger partial charge in [0.2, 0.25) is 0 Å². The summed E-state index contributed by atoms with van der Waals surface area (Å²) >= 11 is 0. The van der Waals surface area contributed by atoms with Crippen LogP contribution in [0.15, 0.2) is 30.5 Å². The van der Waals surface area contributed by atoms with Crippen LogP contribution in [0.5, 0.6) is 5.75 Å². The van der Waals surface area contributed by atoms with Gasteiger partial charge in [-0.3, -0.25) is 0 Å². The minimum Gasteiger partial charge on any atom is -0.497 e. The molecular formula is C12H15N3O. The first kappa shape index (κ1) is 10.7. The van der Waals surface area contributed by atoms with Crippen LogP contribution >= 0.6 is 0 Å². The fraction of sp³-hybridized carbons (Fsp3) is 0.250. The van der Waals surface area contributed by atoms with Gasteiger partial charge in [0.1, 0.15) is 11.6 Å². The highest BCUT2D eigenvalue weighted by molar-refractivity contribution is 5.60. The van der Waals surface area contributed by atoms with Gasteiger partial charge in [0.05, 0.1) is 25.5 Å². The second-order valence-electron chi connectivity index (χ2n) is 3.51. The third-order valence-electron chi connectivity index (χ3n) is 2.35. The van der Waals surface area contributed by atoms with Gasteiger partial charge in [-0.1, -0.05) is 12.1 Å². The number of rotatable bonds is 4. The Kier molecular flexibility index (Phi) is 3.22. The van der Waals surface area contributed by atoms with Crippen molar-refractivity contribution >= 4 is 0 Å². The minimum absolute atomic E-state index is 0.740. The van der Waals surface area contributed by atoms with Crippen LogP contribution in [0.1, 0.15) is 5.82 Å². The number of nitrogens with zero attached hydrogens (tertiary/aromatic N) is 1. The molecular weight excluding hydrogens is 202 g/mol. The quantitative estimate of drug-likeness (QED) is 0.821. The van der Waals surface area contributed by atoms with Crippen molar-refractivity contribution in [2.75, 3.05) is 14.2 Å². The molecule has 4 heteroatoms. The Balaban J connectivity index is 2.27. The summed E-state index contributed by atoms with van der Waals surface area (Å²) in [6.45, 7) is 0.740. The summed E-state index contributed by atoms with van der Waals surface area (Å²) in [6, 6.07) is 7.90. The first-order valence-electron chi connectivity index (χ1n) is 5.16. The largest absolute Gasteiger partial charge is 0.497 e. The van der Waals surface area contributed by atoms with Gasteiger partial charge in [-0.2, -0.15) is 0 Å². The maximum atomic E-state index is 5.18. The Labute approximate surface area is 94.7 Å². The summed E-state index contributed by atoms with van der Waals surface area (Å²) in [5, 5.41) is 3.05. The molecule has 2 rings (SSSR count). The van der Waals surface area contributed by atoms with Crippen molar-refractivity contribution in [2.24, 2.45) is 0 Å². The lowest BCUT2D eigenvalue weighted by molar-refractivity contribution is 0.415. The van der Waals surface area contributed by atoms with Crippen molar-refractivity contribution < 1.29 is 4.74 Å². The lowest BCUT2D eigenvalue weighted by Gasteiger charge is -2.02. The lowest BCUT2D eigenvalue weighted by Crippen LogP contribution is -2.06. The molecule has 1 heterocycles. The van der Waals surface area contributed by atoms with E-state index in [1.807, 2.05) is 37.5 Å². The van der Waals surface area contributed by atoms with Crippen LogP contribution in [0.3, 0.4) is 0 Å². The van der Waals surface area contributed by atoms with Gasteiger partial charge in [-0.05, 0) is 19.2 Å². The molecule has 4 nitrogen and oxygen atoms in total. The summed E-state index contributed by atoms with van der Waals surface area (Å²) < 4.78 is 5.18. The van der Waals surface area contributed by atoms with Crippen LogP contribution in [0.25, 0.3) is 11.3 Å². The first-order valence-corrected chi connectivity index (χ1v) is 5.16. The number of hydrogen-bond donors (Lipinski definition) is 2. The molecule has 0 unspecified atom stereocenters. The predicted octanol–water partition coefficient (Wildman–Crippen LogP) is 1.80. The third-order valence-corrected chi connectivity index (χ3v) is 2.35. The second-order valence-corrected chi connectivity index (χ2v) is 3.51. The number of benzene rings is 1. The van der Waals surface area contributed by atoms with E-state index in [1.54, 1.807) is 7.11 Å². The molecule has 0 saturated heterocycles. The van der Waals surface area contributed by atoms with E-state index in [-0.39, 0.29) is 0 Å². The van der Waals surface area contributed by atoms with Crippen molar-refractivity contribution in [3.05, 3.63) is 36.3 Å². The van der Waals surface area contributed by atoms with Gasteiger partial charge < -0.3 is 15.0 Å². The van der Waals surface area contributed by atoms with Crippen LogP contribution in [0.4, 0.5) is 0 Å². The Morgan fingerprint density at radius 1 is 1.44 bits per heavy atom. The fourth-order valence-corrected chi connectivity index (χ4v) is 1.56. The van der Waals surface area contributed by atoms with E-state index in [0.717, 1.165) is 29.4 Å². The number of imidazole rings is 1. The van der Waals surface area contributed by atoms with E-state index in [2.05, 4.69) is 15.3 Å². The molecule has 0 aliphatic carbocycles. The van der Waals surface area contributed by atoms with E-state index in [9.17, 15) is 0 Å². The Bertz CT molecular complexity index is 465. The molecule has 0 spiro atoms. The van der Waals surface area contributed by atoms with Crippen LogP contribution in [0.2, 0.25) is 0 Å². The van der Waals surface area contributed by atoms with Crippen LogP contribution in [-0.2, 0) is 6.54 Å². The van der Waals surface area contributed by atoms with E-state index in [1.165, 1.54) is 0 Å². The highest BCUT2D eigenvalue weighted by Gasteiger charge is 2.03. The summed E-state index contributed by atoms with van der Waals surface area (Å²) in [6.07, 6.45) is 1.83. The average Bonchev–Trinajstić information content (AvgIpc) is 2.78. The van der Waals surface area contributed by atoms with E-state index < -0.39 is 0 Å². The highest BCUT2D eigenvalue weighted by Crippen LogP contribution is 2.21. The zero-order chi connectivity index (χ0) is 11.4. The maximum absolute atomic E-state index is 5.18. The first-order chi connectivity index (χ1) is 7.83. The monoisotopic (exact) mass is 217 g/mol. The Hall–Kier alpha value is -1.81. The topological polar surface area (TPSA) is 49.9 Å². The van der Waals surface area contributed by atoms with Crippen LogP contribution in [0, 0.1) is 0 Å². The van der Waals surface area contributed by atoms with Gasteiger partial charge >= 0.3 is 0 Å². The van der Waals surface area contributed by atoms with Crippen molar-refractivity contribution in [1.29, 1.82) is 0 Å². The smallest absolute Gasteiger partial charge is 0.120 e. The van der Waals surface area contributed by atoms with Crippen molar-refractivity contribution in [3.8, 4) is 17.0 Å². The van der Waals surface area contributed by atoms with Crippen LogP contribution < -0.4 is 10.1 Å². The van der Waals surface area contributed by atoms with Gasteiger partial charge in [0, 0.05) is 5.56 Å². The third kappa shape index (κ3) is 2.23. The standard InChI is InChI=1S/C12H15N3O/c1-13-8-12-14-7-11(15-12)9-4-3-5-10(6-9)16-2/h3-7,13H,8H2,1-2H3,(H,14,15). The van der Waals surface area contributed by atoms with Crippen molar-refractivity contribution in [1.82, 2.24) is 15.3 Å². The van der Waals surface area contributed by atoms with Crippen molar-refractivity contribution in [3.63, 3.8) is 0 Å². The molecule has 16 heavy (non-hydrogen) atoms. The molecule has 0 aliphatic heterocycles. The summed E-state index contributed by atoms with van der Waals surface area (Å²) in [4.78, 5) is 7.53. The van der Waals surface area contributed by atoms with E-state index in [4.69, 9.17) is 4.74 Å². The maximum Gasteiger partial charge on any atom is 0.120 e. The number of aromatic nitrogens is 2. The number of H-pyrrole nitrogens is 1. The Morgan fingerprint density at radius 3 is 3.06 bits per heavy atom.